The van der Waals surface area contributed by atoms with Crippen molar-refractivity contribution in [3.05, 3.63) is 65.2 Å². The number of rotatable bonds is 10. The number of amides is 1. The van der Waals surface area contributed by atoms with Gasteiger partial charge < -0.3 is 19.7 Å². The largest absolute Gasteiger partial charge is 0.497 e. The van der Waals surface area contributed by atoms with Crippen LogP contribution in [0.2, 0.25) is 0 Å². The van der Waals surface area contributed by atoms with Crippen LogP contribution in [0.5, 0.6) is 5.75 Å². The molecule has 3 rings (SSSR count). The number of methoxy groups -OCH3 is 2. The van der Waals surface area contributed by atoms with Gasteiger partial charge in [-0.3, -0.25) is 4.79 Å². The van der Waals surface area contributed by atoms with Gasteiger partial charge in [0.1, 0.15) is 5.75 Å². The highest BCUT2D eigenvalue weighted by molar-refractivity contribution is 5.89. The Morgan fingerprint density at radius 3 is 2.43 bits per heavy atom. The van der Waals surface area contributed by atoms with Gasteiger partial charge in [0.15, 0.2) is 0 Å². The van der Waals surface area contributed by atoms with Gasteiger partial charge in [-0.05, 0) is 61.2 Å². The maximum atomic E-state index is 12.3. The van der Waals surface area contributed by atoms with Gasteiger partial charge in [0.05, 0.1) is 19.8 Å². The quantitative estimate of drug-likeness (QED) is 0.481. The summed E-state index contributed by atoms with van der Waals surface area (Å²) in [6.07, 6.45) is 3.36. The molecule has 2 aromatic rings. The number of carbonyl (C=O) groups is 2. The van der Waals surface area contributed by atoms with Crippen molar-refractivity contribution in [3.63, 3.8) is 0 Å². The summed E-state index contributed by atoms with van der Waals surface area (Å²) in [5.74, 6) is 0.780. The van der Waals surface area contributed by atoms with E-state index in [1.165, 1.54) is 12.7 Å². The number of carbonyl (C=O) groups excluding carboxylic acids is 2. The molecule has 2 aromatic carbocycles. The standard InChI is InChI=1S/C24H30N2O4/c1-29-22-10-5-18(6-11-22)14-16-26-21(9-12-23(26)27)13-15-25-17-19-3-7-20(8-4-19)24(28)30-2/h3-8,10-11,21,25H,9,12-17H2,1-2H3/t21-/m1/s1. The fourth-order valence-corrected chi connectivity index (χ4v) is 3.82. The minimum atomic E-state index is -0.324. The maximum absolute atomic E-state index is 12.3. The van der Waals surface area contributed by atoms with Crippen molar-refractivity contribution in [2.45, 2.75) is 38.3 Å². The first-order chi connectivity index (χ1) is 14.6. The molecule has 1 aliphatic rings. The molecule has 0 spiro atoms. The summed E-state index contributed by atoms with van der Waals surface area (Å²) in [6, 6.07) is 15.7. The molecule has 1 heterocycles. The monoisotopic (exact) mass is 410 g/mol. The number of esters is 1. The Labute approximate surface area is 178 Å². The zero-order chi connectivity index (χ0) is 21.3. The van der Waals surface area contributed by atoms with Crippen LogP contribution in [-0.4, -0.2) is 50.1 Å². The van der Waals surface area contributed by atoms with Gasteiger partial charge in [0.25, 0.3) is 0 Å². The molecule has 1 saturated heterocycles. The van der Waals surface area contributed by atoms with Gasteiger partial charge in [0.2, 0.25) is 5.91 Å². The fourth-order valence-electron chi connectivity index (χ4n) is 3.82. The topological polar surface area (TPSA) is 67.9 Å². The molecule has 6 heteroatoms. The Morgan fingerprint density at radius 2 is 1.77 bits per heavy atom. The highest BCUT2D eigenvalue weighted by atomic mass is 16.5. The average molecular weight is 411 g/mol. The lowest BCUT2D eigenvalue weighted by molar-refractivity contribution is -0.129. The first-order valence-electron chi connectivity index (χ1n) is 10.4. The molecular weight excluding hydrogens is 380 g/mol. The van der Waals surface area contributed by atoms with Crippen molar-refractivity contribution in [2.24, 2.45) is 0 Å². The number of hydrogen-bond acceptors (Lipinski definition) is 5. The molecule has 0 unspecified atom stereocenters. The SMILES string of the molecule is COC(=O)c1ccc(CNCC[C@H]2CCC(=O)N2CCc2ccc(OC)cc2)cc1. The van der Waals surface area contributed by atoms with Crippen molar-refractivity contribution in [2.75, 3.05) is 27.3 Å². The molecule has 0 aliphatic carbocycles. The Hall–Kier alpha value is -2.86. The summed E-state index contributed by atoms with van der Waals surface area (Å²) in [5, 5.41) is 3.45. The Bertz CT molecular complexity index is 833. The molecule has 0 saturated carbocycles. The molecule has 1 aliphatic heterocycles. The minimum Gasteiger partial charge on any atom is -0.497 e. The minimum absolute atomic E-state index is 0.256. The molecule has 160 valence electrons. The Balaban J connectivity index is 1.42. The zero-order valence-electron chi connectivity index (χ0n) is 17.7. The van der Waals surface area contributed by atoms with E-state index in [-0.39, 0.29) is 11.9 Å². The smallest absolute Gasteiger partial charge is 0.337 e. The van der Waals surface area contributed by atoms with Gasteiger partial charge in [-0.25, -0.2) is 4.79 Å². The van der Waals surface area contributed by atoms with Gasteiger partial charge in [-0.2, -0.15) is 0 Å². The van der Waals surface area contributed by atoms with Crippen LogP contribution in [0.4, 0.5) is 0 Å². The van der Waals surface area contributed by atoms with Crippen molar-refractivity contribution < 1.29 is 19.1 Å². The predicted octanol–water partition coefficient (Wildman–Crippen LogP) is 3.20. The van der Waals surface area contributed by atoms with Crippen molar-refractivity contribution in [1.82, 2.24) is 10.2 Å². The summed E-state index contributed by atoms with van der Waals surface area (Å²) < 4.78 is 9.91. The highest BCUT2D eigenvalue weighted by Crippen LogP contribution is 2.22. The Morgan fingerprint density at radius 1 is 1.07 bits per heavy atom. The van der Waals surface area contributed by atoms with E-state index in [0.717, 1.165) is 50.2 Å². The maximum Gasteiger partial charge on any atom is 0.337 e. The van der Waals surface area contributed by atoms with Gasteiger partial charge >= 0.3 is 5.97 Å². The lowest BCUT2D eigenvalue weighted by Gasteiger charge is -2.25. The second kappa shape index (κ2) is 10.8. The van der Waals surface area contributed by atoms with Crippen molar-refractivity contribution in [1.29, 1.82) is 0 Å². The number of nitrogens with one attached hydrogen (secondary N) is 1. The third-order valence-electron chi connectivity index (χ3n) is 5.61. The van der Waals surface area contributed by atoms with Crippen LogP contribution >= 0.6 is 0 Å². The number of hydrogen-bond donors (Lipinski definition) is 1. The third kappa shape index (κ3) is 5.83. The summed E-state index contributed by atoms with van der Waals surface area (Å²) >= 11 is 0. The van der Waals surface area contributed by atoms with E-state index < -0.39 is 0 Å². The van der Waals surface area contributed by atoms with Crippen LogP contribution in [0.1, 0.15) is 40.7 Å². The molecule has 1 atom stereocenters. The average Bonchev–Trinajstić information content (AvgIpc) is 3.14. The Kier molecular flexibility index (Phi) is 7.85. The molecule has 1 amide bonds. The van der Waals surface area contributed by atoms with Crippen molar-refractivity contribution in [3.8, 4) is 5.75 Å². The number of likely N-dealkylation sites (tertiary alicyclic amines) is 1. The van der Waals surface area contributed by atoms with Crippen LogP contribution in [0, 0.1) is 0 Å². The highest BCUT2D eigenvalue weighted by Gasteiger charge is 2.29. The van der Waals surface area contributed by atoms with Crippen LogP contribution in [0.15, 0.2) is 48.5 Å². The van der Waals surface area contributed by atoms with Crippen LogP contribution < -0.4 is 10.1 Å². The second-order valence-electron chi connectivity index (χ2n) is 7.53. The number of ether oxygens (including phenoxy) is 2. The first kappa shape index (κ1) is 21.8. The van der Waals surface area contributed by atoms with Gasteiger partial charge in [-0.15, -0.1) is 0 Å². The molecule has 1 N–H and O–H groups in total. The summed E-state index contributed by atoms with van der Waals surface area (Å²) in [4.78, 5) is 25.8. The van der Waals surface area contributed by atoms with E-state index in [9.17, 15) is 9.59 Å². The molecule has 1 fully saturated rings. The van der Waals surface area contributed by atoms with Gasteiger partial charge in [-0.1, -0.05) is 24.3 Å². The predicted molar refractivity (Wildman–Crippen MR) is 116 cm³/mol. The van der Waals surface area contributed by atoms with Crippen LogP contribution in [0.25, 0.3) is 0 Å². The van der Waals surface area contributed by atoms with E-state index >= 15 is 0 Å². The lowest BCUT2D eigenvalue weighted by Crippen LogP contribution is -2.36. The molecule has 30 heavy (non-hydrogen) atoms. The summed E-state index contributed by atoms with van der Waals surface area (Å²) in [6.45, 7) is 2.33. The zero-order valence-corrected chi connectivity index (χ0v) is 17.7. The van der Waals surface area contributed by atoms with E-state index in [1.54, 1.807) is 19.2 Å². The molecule has 6 nitrogen and oxygen atoms in total. The van der Waals surface area contributed by atoms with Crippen molar-refractivity contribution >= 4 is 11.9 Å². The molecular formula is C24H30N2O4. The third-order valence-corrected chi connectivity index (χ3v) is 5.61. The van der Waals surface area contributed by atoms with E-state index in [4.69, 9.17) is 9.47 Å². The first-order valence-corrected chi connectivity index (χ1v) is 10.4. The second-order valence-corrected chi connectivity index (χ2v) is 7.53. The van der Waals surface area contributed by atoms with Crippen LogP contribution in [0.3, 0.4) is 0 Å². The summed E-state index contributed by atoms with van der Waals surface area (Å²) in [5.41, 5.74) is 2.88. The van der Waals surface area contributed by atoms with E-state index in [1.807, 2.05) is 29.2 Å². The van der Waals surface area contributed by atoms with Gasteiger partial charge in [0, 0.05) is 25.6 Å². The molecule has 0 radical (unpaired) electrons. The normalized spacial score (nSPS) is 16.0. The van der Waals surface area contributed by atoms with E-state index in [2.05, 4.69) is 17.4 Å². The fraction of sp³-hybridized carbons (Fsp3) is 0.417. The summed E-state index contributed by atoms with van der Waals surface area (Å²) in [7, 11) is 3.04. The number of nitrogens with zero attached hydrogens (tertiary/aromatic N) is 1. The number of benzene rings is 2. The van der Waals surface area contributed by atoms with Crippen LogP contribution in [-0.2, 0) is 22.5 Å². The lowest BCUT2D eigenvalue weighted by atomic mass is 10.1. The molecule has 0 bridgehead atoms. The van der Waals surface area contributed by atoms with E-state index in [0.29, 0.717) is 18.0 Å². The molecule has 0 aromatic heterocycles.